The SMILES string of the molecule is NNCC(O)c1cccc(Br)c1. The molecule has 0 aromatic heterocycles. The highest BCUT2D eigenvalue weighted by Crippen LogP contribution is 2.17. The van der Waals surface area contributed by atoms with Gasteiger partial charge in [-0.3, -0.25) is 11.3 Å². The molecule has 0 aliphatic heterocycles. The zero-order valence-electron chi connectivity index (χ0n) is 6.50. The molecule has 0 saturated carbocycles. The molecular weight excluding hydrogens is 220 g/mol. The molecule has 0 heterocycles. The molecule has 0 aliphatic carbocycles. The molecule has 0 aliphatic rings. The Balaban J connectivity index is 2.73. The molecule has 66 valence electrons. The molecule has 3 nitrogen and oxygen atoms in total. The van der Waals surface area contributed by atoms with E-state index in [0.717, 1.165) is 10.0 Å². The van der Waals surface area contributed by atoms with Crippen molar-refractivity contribution in [3.63, 3.8) is 0 Å². The van der Waals surface area contributed by atoms with Gasteiger partial charge >= 0.3 is 0 Å². The number of hydrogen-bond donors (Lipinski definition) is 3. The van der Waals surface area contributed by atoms with Crippen molar-refractivity contribution in [1.29, 1.82) is 0 Å². The van der Waals surface area contributed by atoms with E-state index in [-0.39, 0.29) is 0 Å². The van der Waals surface area contributed by atoms with Crippen molar-refractivity contribution < 1.29 is 5.11 Å². The van der Waals surface area contributed by atoms with Crippen LogP contribution in [-0.4, -0.2) is 11.7 Å². The van der Waals surface area contributed by atoms with Gasteiger partial charge in [-0.1, -0.05) is 28.1 Å². The number of benzene rings is 1. The summed E-state index contributed by atoms with van der Waals surface area (Å²) in [5.41, 5.74) is 3.27. The van der Waals surface area contributed by atoms with Gasteiger partial charge in [0.05, 0.1) is 6.10 Å². The highest BCUT2D eigenvalue weighted by Gasteiger charge is 2.05. The van der Waals surface area contributed by atoms with Crippen molar-refractivity contribution in [3.05, 3.63) is 34.3 Å². The predicted molar refractivity (Wildman–Crippen MR) is 51.3 cm³/mol. The van der Waals surface area contributed by atoms with Crippen LogP contribution in [0.15, 0.2) is 28.7 Å². The first-order chi connectivity index (χ1) is 5.74. The Morgan fingerprint density at radius 3 is 2.92 bits per heavy atom. The quantitative estimate of drug-likeness (QED) is 0.536. The third kappa shape index (κ3) is 2.57. The fourth-order valence-corrected chi connectivity index (χ4v) is 1.36. The number of hydrazine groups is 1. The highest BCUT2D eigenvalue weighted by molar-refractivity contribution is 9.10. The molecule has 0 saturated heterocycles. The van der Waals surface area contributed by atoms with Crippen LogP contribution in [0.1, 0.15) is 11.7 Å². The van der Waals surface area contributed by atoms with Crippen molar-refractivity contribution in [2.45, 2.75) is 6.10 Å². The number of rotatable bonds is 3. The van der Waals surface area contributed by atoms with Gasteiger partial charge in [-0.15, -0.1) is 0 Å². The van der Waals surface area contributed by atoms with Crippen molar-refractivity contribution in [3.8, 4) is 0 Å². The fourth-order valence-electron chi connectivity index (χ4n) is 0.943. The second kappa shape index (κ2) is 4.57. The van der Waals surface area contributed by atoms with E-state index in [0.29, 0.717) is 6.54 Å². The number of aliphatic hydroxyl groups is 1. The summed E-state index contributed by atoms with van der Waals surface area (Å²) in [6.45, 7) is 0.358. The van der Waals surface area contributed by atoms with Crippen LogP contribution >= 0.6 is 15.9 Å². The first-order valence-electron chi connectivity index (χ1n) is 3.61. The summed E-state index contributed by atoms with van der Waals surface area (Å²) in [6.07, 6.45) is -0.549. The van der Waals surface area contributed by atoms with E-state index < -0.39 is 6.10 Å². The largest absolute Gasteiger partial charge is 0.387 e. The third-order valence-electron chi connectivity index (χ3n) is 1.54. The van der Waals surface area contributed by atoms with E-state index in [1.807, 2.05) is 24.3 Å². The number of halogens is 1. The summed E-state index contributed by atoms with van der Waals surface area (Å²) < 4.78 is 0.955. The van der Waals surface area contributed by atoms with Gasteiger partial charge in [0.15, 0.2) is 0 Å². The van der Waals surface area contributed by atoms with Crippen LogP contribution in [0.3, 0.4) is 0 Å². The highest BCUT2D eigenvalue weighted by atomic mass is 79.9. The maximum atomic E-state index is 9.48. The Bertz CT molecular complexity index is 255. The van der Waals surface area contributed by atoms with Crippen LogP contribution in [0.4, 0.5) is 0 Å². The molecule has 4 N–H and O–H groups in total. The number of nitrogens with one attached hydrogen (secondary N) is 1. The average molecular weight is 231 g/mol. The van der Waals surface area contributed by atoms with Crippen molar-refractivity contribution in [2.24, 2.45) is 5.84 Å². The number of aliphatic hydroxyl groups excluding tert-OH is 1. The standard InChI is InChI=1S/C8H11BrN2O/c9-7-3-1-2-6(4-7)8(12)5-11-10/h1-4,8,11-12H,5,10H2. The van der Waals surface area contributed by atoms with E-state index in [1.165, 1.54) is 0 Å². The van der Waals surface area contributed by atoms with Crippen LogP contribution in [0.25, 0.3) is 0 Å². The maximum absolute atomic E-state index is 9.48. The van der Waals surface area contributed by atoms with Crippen LogP contribution in [0, 0.1) is 0 Å². The number of hydrogen-bond acceptors (Lipinski definition) is 3. The fraction of sp³-hybridized carbons (Fsp3) is 0.250. The minimum Gasteiger partial charge on any atom is -0.387 e. The first kappa shape index (κ1) is 9.67. The van der Waals surface area contributed by atoms with Gasteiger partial charge in [0.1, 0.15) is 0 Å². The lowest BCUT2D eigenvalue weighted by atomic mass is 10.1. The molecule has 1 aromatic carbocycles. The van der Waals surface area contributed by atoms with Crippen LogP contribution < -0.4 is 11.3 Å². The normalized spacial score (nSPS) is 12.9. The Hall–Kier alpha value is -0.420. The smallest absolute Gasteiger partial charge is 0.0928 e. The van der Waals surface area contributed by atoms with Gasteiger partial charge < -0.3 is 5.11 Å². The zero-order valence-corrected chi connectivity index (χ0v) is 8.08. The molecule has 1 unspecified atom stereocenters. The molecule has 4 heteroatoms. The maximum Gasteiger partial charge on any atom is 0.0928 e. The van der Waals surface area contributed by atoms with Crippen LogP contribution in [0.5, 0.6) is 0 Å². The van der Waals surface area contributed by atoms with Crippen molar-refractivity contribution in [1.82, 2.24) is 5.43 Å². The second-order valence-electron chi connectivity index (χ2n) is 2.48. The molecule has 1 aromatic rings. The minimum absolute atomic E-state index is 0.358. The van der Waals surface area contributed by atoms with Gasteiger partial charge in [-0.2, -0.15) is 0 Å². The first-order valence-corrected chi connectivity index (χ1v) is 4.40. The second-order valence-corrected chi connectivity index (χ2v) is 3.39. The molecule has 12 heavy (non-hydrogen) atoms. The van der Waals surface area contributed by atoms with Crippen LogP contribution in [-0.2, 0) is 0 Å². The minimum atomic E-state index is -0.549. The van der Waals surface area contributed by atoms with E-state index in [9.17, 15) is 5.11 Å². The molecule has 0 radical (unpaired) electrons. The average Bonchev–Trinajstić information content (AvgIpc) is 2.05. The van der Waals surface area contributed by atoms with Gasteiger partial charge in [0.2, 0.25) is 0 Å². The lowest BCUT2D eigenvalue weighted by molar-refractivity contribution is 0.175. The summed E-state index contributed by atoms with van der Waals surface area (Å²) >= 11 is 3.32. The third-order valence-corrected chi connectivity index (χ3v) is 2.04. The summed E-state index contributed by atoms with van der Waals surface area (Å²) in [6, 6.07) is 7.50. The van der Waals surface area contributed by atoms with Gasteiger partial charge in [-0.05, 0) is 17.7 Å². The summed E-state index contributed by atoms with van der Waals surface area (Å²) in [7, 11) is 0. The van der Waals surface area contributed by atoms with E-state index in [2.05, 4.69) is 21.4 Å². The molecule has 0 bridgehead atoms. The Kier molecular flexibility index (Phi) is 3.68. The molecule has 0 spiro atoms. The summed E-state index contributed by atoms with van der Waals surface area (Å²) in [4.78, 5) is 0. The van der Waals surface area contributed by atoms with E-state index in [1.54, 1.807) is 0 Å². The zero-order chi connectivity index (χ0) is 8.97. The van der Waals surface area contributed by atoms with Crippen molar-refractivity contribution >= 4 is 15.9 Å². The lowest BCUT2D eigenvalue weighted by Gasteiger charge is -2.09. The Morgan fingerprint density at radius 2 is 2.33 bits per heavy atom. The summed E-state index contributed by atoms with van der Waals surface area (Å²) in [5, 5.41) is 9.48. The molecule has 0 amide bonds. The molecular formula is C8H11BrN2O. The van der Waals surface area contributed by atoms with E-state index >= 15 is 0 Å². The predicted octanol–water partition coefficient (Wildman–Crippen LogP) is 0.946. The molecule has 0 fully saturated rings. The Morgan fingerprint density at radius 1 is 1.58 bits per heavy atom. The van der Waals surface area contributed by atoms with Crippen LogP contribution in [0.2, 0.25) is 0 Å². The molecule has 1 atom stereocenters. The van der Waals surface area contributed by atoms with Gasteiger partial charge in [0.25, 0.3) is 0 Å². The van der Waals surface area contributed by atoms with Gasteiger partial charge in [-0.25, -0.2) is 0 Å². The molecule has 1 rings (SSSR count). The lowest BCUT2D eigenvalue weighted by Crippen LogP contribution is -2.27. The van der Waals surface area contributed by atoms with Crippen molar-refractivity contribution in [2.75, 3.05) is 6.54 Å². The van der Waals surface area contributed by atoms with E-state index in [4.69, 9.17) is 5.84 Å². The van der Waals surface area contributed by atoms with Gasteiger partial charge in [0, 0.05) is 11.0 Å². The Labute approximate surface area is 79.7 Å². The topological polar surface area (TPSA) is 58.3 Å². The monoisotopic (exact) mass is 230 g/mol. The number of nitrogens with two attached hydrogens (primary N) is 1. The summed E-state index contributed by atoms with van der Waals surface area (Å²) in [5.74, 6) is 5.08.